The van der Waals surface area contributed by atoms with Crippen LogP contribution in [-0.4, -0.2) is 25.3 Å². The van der Waals surface area contributed by atoms with E-state index in [4.69, 9.17) is 9.47 Å². The van der Waals surface area contributed by atoms with Crippen LogP contribution in [0.2, 0.25) is 0 Å². The van der Waals surface area contributed by atoms with Crippen molar-refractivity contribution >= 4 is 6.29 Å². The molecule has 5 atom stereocenters. The summed E-state index contributed by atoms with van der Waals surface area (Å²) in [5.41, 5.74) is 1.08. The third kappa shape index (κ3) is 1.84. The number of hydrogen-bond donors (Lipinski definition) is 0. The van der Waals surface area contributed by atoms with E-state index in [9.17, 15) is 4.79 Å². The molecule has 2 saturated carbocycles. The molecule has 2 aliphatic carbocycles. The molecule has 0 bridgehead atoms. The highest BCUT2D eigenvalue weighted by atomic mass is 16.7. The first-order valence-electron chi connectivity index (χ1n) is 7.07. The quantitative estimate of drug-likeness (QED) is 0.568. The standard InChI is InChI=1S/C15H22O3/c1-10-14(18-13-5-3-4-8-17-13)11-9-12(11)15(10,2)6-7-16/h7,11-14H,1,3-6,8-9H2,2H3/t11-,12+,13?,14?,15-/m0/s1. The van der Waals surface area contributed by atoms with Gasteiger partial charge in [0, 0.05) is 18.4 Å². The predicted molar refractivity (Wildman–Crippen MR) is 68.0 cm³/mol. The summed E-state index contributed by atoms with van der Waals surface area (Å²) < 4.78 is 11.8. The molecule has 0 aromatic carbocycles. The minimum absolute atomic E-state index is 0.0360. The van der Waals surface area contributed by atoms with Gasteiger partial charge in [-0.1, -0.05) is 13.5 Å². The average Bonchev–Trinajstić information content (AvgIpc) is 3.13. The van der Waals surface area contributed by atoms with E-state index in [1.165, 1.54) is 12.8 Å². The molecule has 3 aliphatic rings. The first-order valence-corrected chi connectivity index (χ1v) is 7.07. The molecule has 18 heavy (non-hydrogen) atoms. The average molecular weight is 250 g/mol. The monoisotopic (exact) mass is 250 g/mol. The van der Waals surface area contributed by atoms with Gasteiger partial charge in [-0.25, -0.2) is 0 Å². The van der Waals surface area contributed by atoms with Gasteiger partial charge in [0.25, 0.3) is 0 Å². The maximum Gasteiger partial charge on any atom is 0.158 e. The normalized spacial score (nSPS) is 46.8. The number of carbonyl (C=O) groups excluding carboxylic acids is 1. The van der Waals surface area contributed by atoms with E-state index in [1.54, 1.807) is 0 Å². The molecule has 0 aromatic heterocycles. The van der Waals surface area contributed by atoms with Crippen LogP contribution in [0.4, 0.5) is 0 Å². The molecule has 3 heteroatoms. The molecule has 3 rings (SSSR count). The Kier molecular flexibility index (Phi) is 3.07. The van der Waals surface area contributed by atoms with Crippen molar-refractivity contribution in [2.45, 2.75) is 51.4 Å². The largest absolute Gasteiger partial charge is 0.353 e. The zero-order chi connectivity index (χ0) is 12.8. The minimum Gasteiger partial charge on any atom is -0.353 e. The summed E-state index contributed by atoms with van der Waals surface area (Å²) >= 11 is 0. The van der Waals surface area contributed by atoms with Crippen LogP contribution in [0, 0.1) is 17.3 Å². The lowest BCUT2D eigenvalue weighted by Gasteiger charge is -2.32. The molecule has 3 nitrogen and oxygen atoms in total. The fraction of sp³-hybridized carbons (Fsp3) is 0.800. The molecule has 0 amide bonds. The number of carbonyl (C=O) groups is 1. The number of hydrogen-bond acceptors (Lipinski definition) is 3. The Hall–Kier alpha value is -0.670. The van der Waals surface area contributed by atoms with Crippen molar-refractivity contribution in [1.29, 1.82) is 0 Å². The fourth-order valence-electron chi connectivity index (χ4n) is 3.72. The third-order valence-corrected chi connectivity index (χ3v) is 5.07. The summed E-state index contributed by atoms with van der Waals surface area (Å²) in [6.45, 7) is 7.19. The van der Waals surface area contributed by atoms with Crippen molar-refractivity contribution < 1.29 is 14.3 Å². The molecule has 0 spiro atoms. The molecular weight excluding hydrogens is 228 g/mol. The first-order chi connectivity index (χ1) is 8.66. The van der Waals surface area contributed by atoms with Crippen molar-refractivity contribution in [3.63, 3.8) is 0 Å². The van der Waals surface area contributed by atoms with E-state index < -0.39 is 0 Å². The van der Waals surface area contributed by atoms with Crippen LogP contribution >= 0.6 is 0 Å². The fourth-order valence-corrected chi connectivity index (χ4v) is 3.72. The van der Waals surface area contributed by atoms with Crippen LogP contribution in [-0.2, 0) is 14.3 Å². The summed E-state index contributed by atoms with van der Waals surface area (Å²) in [5, 5.41) is 0. The molecular formula is C15H22O3. The Bertz CT molecular complexity index is 359. The highest BCUT2D eigenvalue weighted by Gasteiger charge is 2.63. The van der Waals surface area contributed by atoms with Crippen molar-refractivity contribution in [3.05, 3.63) is 12.2 Å². The van der Waals surface area contributed by atoms with E-state index in [-0.39, 0.29) is 17.8 Å². The second kappa shape index (κ2) is 4.46. The smallest absolute Gasteiger partial charge is 0.158 e. The topological polar surface area (TPSA) is 35.5 Å². The van der Waals surface area contributed by atoms with Crippen molar-refractivity contribution in [1.82, 2.24) is 0 Å². The SMILES string of the molecule is C=C1C(OC2CCCCO2)[C@H]2C[C@H]2[C@@]1(C)CC=O. The van der Waals surface area contributed by atoms with Gasteiger partial charge < -0.3 is 14.3 Å². The van der Waals surface area contributed by atoms with Crippen LogP contribution in [0.5, 0.6) is 0 Å². The van der Waals surface area contributed by atoms with Gasteiger partial charge >= 0.3 is 0 Å². The Balaban J connectivity index is 1.67. The van der Waals surface area contributed by atoms with E-state index in [0.29, 0.717) is 18.3 Å². The molecule has 1 saturated heterocycles. The zero-order valence-electron chi connectivity index (χ0n) is 11.1. The molecule has 0 aromatic rings. The molecule has 0 radical (unpaired) electrons. The molecule has 0 N–H and O–H groups in total. The number of ether oxygens (including phenoxy) is 2. The maximum atomic E-state index is 10.9. The number of rotatable bonds is 4. The lowest BCUT2D eigenvalue weighted by molar-refractivity contribution is -0.183. The molecule has 2 unspecified atom stereocenters. The minimum atomic E-state index is -0.0552. The predicted octanol–water partition coefficient (Wildman–Crippen LogP) is 2.70. The molecule has 1 aliphatic heterocycles. The van der Waals surface area contributed by atoms with Crippen molar-refractivity contribution in [2.75, 3.05) is 6.61 Å². The Morgan fingerprint density at radius 3 is 3.06 bits per heavy atom. The van der Waals surface area contributed by atoms with Gasteiger partial charge in [-0.3, -0.25) is 0 Å². The highest BCUT2D eigenvalue weighted by Crippen LogP contribution is 2.66. The van der Waals surface area contributed by atoms with Gasteiger partial charge in [0.2, 0.25) is 0 Å². The molecule has 100 valence electrons. The lowest BCUT2D eigenvalue weighted by atomic mass is 9.78. The number of fused-ring (bicyclic) bond motifs is 1. The summed E-state index contributed by atoms with van der Waals surface area (Å²) in [6, 6.07) is 0. The van der Waals surface area contributed by atoms with Crippen LogP contribution in [0.3, 0.4) is 0 Å². The zero-order valence-corrected chi connectivity index (χ0v) is 11.1. The van der Waals surface area contributed by atoms with E-state index >= 15 is 0 Å². The van der Waals surface area contributed by atoms with Crippen molar-refractivity contribution in [2.24, 2.45) is 17.3 Å². The van der Waals surface area contributed by atoms with Gasteiger partial charge in [-0.05, 0) is 43.1 Å². The maximum absolute atomic E-state index is 10.9. The van der Waals surface area contributed by atoms with Crippen LogP contribution in [0.1, 0.15) is 39.0 Å². The second-order valence-corrected chi connectivity index (χ2v) is 6.17. The third-order valence-electron chi connectivity index (χ3n) is 5.07. The van der Waals surface area contributed by atoms with Crippen LogP contribution in [0.15, 0.2) is 12.2 Å². The molecule has 3 fully saturated rings. The van der Waals surface area contributed by atoms with E-state index in [0.717, 1.165) is 31.3 Å². The van der Waals surface area contributed by atoms with Gasteiger partial charge in [-0.2, -0.15) is 0 Å². The second-order valence-electron chi connectivity index (χ2n) is 6.17. The van der Waals surface area contributed by atoms with Gasteiger partial charge in [0.1, 0.15) is 6.29 Å². The van der Waals surface area contributed by atoms with Crippen molar-refractivity contribution in [3.8, 4) is 0 Å². The van der Waals surface area contributed by atoms with Gasteiger partial charge in [0.15, 0.2) is 6.29 Å². The summed E-state index contributed by atoms with van der Waals surface area (Å²) in [5.74, 6) is 1.18. The van der Waals surface area contributed by atoms with Gasteiger partial charge in [-0.15, -0.1) is 0 Å². The highest BCUT2D eigenvalue weighted by molar-refractivity contribution is 5.54. The Morgan fingerprint density at radius 1 is 1.56 bits per heavy atom. The van der Waals surface area contributed by atoms with Crippen LogP contribution in [0.25, 0.3) is 0 Å². The molecule has 1 heterocycles. The van der Waals surface area contributed by atoms with Gasteiger partial charge in [0.05, 0.1) is 6.10 Å². The summed E-state index contributed by atoms with van der Waals surface area (Å²) in [6.07, 6.45) is 6.16. The van der Waals surface area contributed by atoms with Crippen LogP contribution < -0.4 is 0 Å². The summed E-state index contributed by atoms with van der Waals surface area (Å²) in [4.78, 5) is 10.9. The van der Waals surface area contributed by atoms with E-state index in [2.05, 4.69) is 13.5 Å². The van der Waals surface area contributed by atoms with E-state index in [1.807, 2.05) is 0 Å². The summed E-state index contributed by atoms with van der Waals surface area (Å²) in [7, 11) is 0. The first kappa shape index (κ1) is 12.4. The number of aldehydes is 1. The Morgan fingerprint density at radius 2 is 2.39 bits per heavy atom. The Labute approximate surface area is 109 Å². The lowest BCUT2D eigenvalue weighted by Crippen LogP contribution is -2.31.